The van der Waals surface area contributed by atoms with Crippen LogP contribution in [0.15, 0.2) is 102 Å². The molecule has 8 amide bonds. The molecule has 4 aromatic carbocycles. The number of halogens is 1. The molecule has 0 radical (unpaired) electrons. The smallest absolute Gasteiger partial charge is 0.453 e. The first-order valence-electron chi connectivity index (χ1n) is 41.2. The van der Waals surface area contributed by atoms with Gasteiger partial charge in [0.05, 0.1) is 110 Å². The van der Waals surface area contributed by atoms with Crippen LogP contribution in [0.3, 0.4) is 0 Å². The van der Waals surface area contributed by atoms with E-state index in [1.807, 2.05) is 170 Å². The normalized spacial score (nSPS) is 22.5. The second-order valence-corrected chi connectivity index (χ2v) is 35.3. The molecule has 32 heteroatoms. The fraction of sp³-hybridized carbons (Fsp3) is 0.535. The zero-order valence-corrected chi connectivity index (χ0v) is 71.8. The molecule has 15 rings (SSSR count). The number of ether oxygens (including phenoxy) is 4. The van der Waals surface area contributed by atoms with Gasteiger partial charge in [-0.3, -0.25) is 19.2 Å². The van der Waals surface area contributed by atoms with E-state index >= 15 is 0 Å². The van der Waals surface area contributed by atoms with E-state index in [0.29, 0.717) is 24.9 Å². The van der Waals surface area contributed by atoms with Gasteiger partial charge in [0.25, 0.3) is 0 Å². The van der Waals surface area contributed by atoms with Crippen LogP contribution in [0, 0.1) is 35.5 Å². The summed E-state index contributed by atoms with van der Waals surface area (Å²) in [4.78, 5) is 142. The first-order chi connectivity index (χ1) is 56.3. The number of nitrogens with one attached hydrogen (secondary N) is 8. The summed E-state index contributed by atoms with van der Waals surface area (Å²) in [7, 11) is 4.79. The van der Waals surface area contributed by atoms with Crippen LogP contribution in [0.25, 0.3) is 55.7 Å². The highest BCUT2D eigenvalue weighted by Crippen LogP contribution is 2.52. The summed E-state index contributed by atoms with van der Waals surface area (Å²) >= 11 is 3.46. The molecule has 2 saturated carbocycles. The summed E-state index contributed by atoms with van der Waals surface area (Å²) < 4.78 is 32.4. The Morgan fingerprint density at radius 1 is 0.458 bits per heavy atom. The molecule has 8 aromatic rings. The molecular formula is C86H112BBrN16O14. The van der Waals surface area contributed by atoms with Crippen molar-refractivity contribution in [1.29, 1.82) is 0 Å². The van der Waals surface area contributed by atoms with Crippen molar-refractivity contribution in [3.63, 3.8) is 0 Å². The average molecular weight is 1680 g/mol. The van der Waals surface area contributed by atoms with Gasteiger partial charge in [-0.1, -0.05) is 126 Å². The minimum atomic E-state index is -0.693. The molecule has 8 N–H and O–H groups in total. The summed E-state index contributed by atoms with van der Waals surface area (Å²) in [5.74, 6) is 2.96. The van der Waals surface area contributed by atoms with Crippen LogP contribution in [0.4, 0.5) is 19.2 Å². The number of piperidine rings is 2. The third kappa shape index (κ3) is 17.8. The number of aromatic nitrogens is 8. The van der Waals surface area contributed by atoms with E-state index in [2.05, 4.69) is 97.2 Å². The van der Waals surface area contributed by atoms with Crippen LogP contribution in [0.5, 0.6) is 0 Å². The minimum absolute atomic E-state index is 0.0468. The van der Waals surface area contributed by atoms with Crippen molar-refractivity contribution in [3.8, 4) is 33.6 Å². The lowest BCUT2D eigenvalue weighted by Gasteiger charge is -2.37. The number of nitrogens with zero attached hydrogens (tertiary/aromatic N) is 8. The van der Waals surface area contributed by atoms with Crippen molar-refractivity contribution in [2.45, 2.75) is 219 Å². The van der Waals surface area contributed by atoms with Gasteiger partial charge >= 0.3 is 31.5 Å². The first-order valence-corrected chi connectivity index (χ1v) is 42.0. The van der Waals surface area contributed by atoms with Gasteiger partial charge in [0.15, 0.2) is 0 Å². The highest BCUT2D eigenvalue weighted by Gasteiger charge is 2.55. The maximum atomic E-state index is 13.9. The number of aromatic amines is 4. The number of hydrogen-bond donors (Lipinski definition) is 8. The standard InChI is InChI=1S/C40H50N8O6.C28H39BN4O5.C18H23BrN4O3/c1-21(2)32(45-39(51)53-5)37(49)47-17-7-8-31(47)35-42-28-16-14-25(19-29(28)43-35)23-9-11-24(12-10-23)30-20-41-36(44-30)34-26-13-15-27(18-26)48(34)38(50)33(22(3)4)46-40(52)54-6;1-16(2)22(32-26(35)36-7)25(34)33-20-13-10-18(14-20)23(33)24-30-15-21(31-24)17-8-11-19(12-9-17)29-37-27(3,4)28(5,6)38-29;1-10(2)15(22-18(25)26-3)17(24)23-8-4-5-14(23)16-20-12-7-6-11(19)9-13(12)21-16/h9-12,14,16,19-22,26-27,31-34H,7-8,13,15,17-18H2,1-6H3,(H,41,44)(H,42,43)(H,45,51)(H,46,52);8-9,11-12,15-16,18,20,22-23H,10,13-14H2,1-7H3,(H,30,31)(H,32,35);6-7,9-10,14-15H,4-5,8H2,1-3H3,(H,20,21)(H,22,25)/t26?,27?,31-,32-,33-,34?;18?,20?,22-,23?;14-,15-/m000/s1. The quantitative estimate of drug-likeness (QED) is 0.0259. The molecular weight excluding hydrogens is 1570 g/mol. The van der Waals surface area contributed by atoms with Crippen LogP contribution in [-0.2, 0) is 47.4 Å². The second-order valence-electron chi connectivity index (χ2n) is 34.4. The van der Waals surface area contributed by atoms with E-state index < -0.39 is 55.7 Å². The van der Waals surface area contributed by atoms with Gasteiger partial charge in [-0.25, -0.2) is 39.1 Å². The Hall–Kier alpha value is -10.3. The largest absolute Gasteiger partial charge is 0.494 e. The highest BCUT2D eigenvalue weighted by molar-refractivity contribution is 9.10. The van der Waals surface area contributed by atoms with Gasteiger partial charge in [0, 0.05) is 29.6 Å². The Balaban J connectivity index is 0.000000164. The van der Waals surface area contributed by atoms with Gasteiger partial charge in [-0.15, -0.1) is 0 Å². The second kappa shape index (κ2) is 35.7. The van der Waals surface area contributed by atoms with E-state index in [9.17, 15) is 38.4 Å². The lowest BCUT2D eigenvalue weighted by molar-refractivity contribution is -0.140. The van der Waals surface area contributed by atoms with E-state index in [0.717, 1.165) is 153 Å². The van der Waals surface area contributed by atoms with E-state index in [1.165, 1.54) is 28.4 Å². The molecule has 5 aliphatic heterocycles. The number of rotatable bonds is 20. The molecule has 30 nitrogen and oxygen atoms in total. The number of H-pyrrole nitrogens is 4. The Bertz CT molecular complexity index is 4950. The molecule has 4 aromatic heterocycles. The molecule has 118 heavy (non-hydrogen) atoms. The minimum Gasteiger partial charge on any atom is -0.453 e. The monoisotopic (exact) mass is 1680 g/mol. The number of carbonyl (C=O) groups is 8. The Morgan fingerprint density at radius 2 is 0.822 bits per heavy atom. The molecule has 6 unspecified atom stereocenters. The zero-order chi connectivity index (χ0) is 84.5. The van der Waals surface area contributed by atoms with E-state index in [-0.39, 0.29) is 94.8 Å². The third-order valence-electron chi connectivity index (χ3n) is 24.9. The van der Waals surface area contributed by atoms with Crippen molar-refractivity contribution >= 4 is 98.6 Å². The highest BCUT2D eigenvalue weighted by atomic mass is 79.9. The van der Waals surface area contributed by atoms with Crippen molar-refractivity contribution in [2.24, 2.45) is 35.5 Å². The number of likely N-dealkylation sites (tertiary alicyclic amines) is 4. The van der Waals surface area contributed by atoms with E-state index in [4.69, 9.17) is 38.5 Å². The number of methoxy groups -OCH3 is 4. The van der Waals surface area contributed by atoms with Crippen molar-refractivity contribution in [1.82, 2.24) is 80.7 Å². The molecule has 9 heterocycles. The predicted molar refractivity (Wildman–Crippen MR) is 448 cm³/mol. The molecule has 4 bridgehead atoms. The van der Waals surface area contributed by atoms with Gasteiger partial charge in [0.2, 0.25) is 23.6 Å². The molecule has 0 spiro atoms. The number of alkyl carbamates (subject to hydrolysis) is 4. The number of fused-ring (bicyclic) bond motifs is 6. The van der Waals surface area contributed by atoms with Crippen molar-refractivity contribution in [2.75, 3.05) is 41.5 Å². The summed E-state index contributed by atoms with van der Waals surface area (Å²) in [5.41, 5.74) is 9.47. The van der Waals surface area contributed by atoms with Crippen molar-refractivity contribution < 1.29 is 66.6 Å². The fourth-order valence-corrected chi connectivity index (χ4v) is 18.2. The molecule has 7 fully saturated rings. The third-order valence-corrected chi connectivity index (χ3v) is 25.4. The lowest BCUT2D eigenvalue weighted by atomic mass is 9.79. The average Bonchev–Trinajstić information content (AvgIpc) is 1.60. The SMILES string of the molecule is COC(=O)N[C@H](C(=O)N1C2CCC(C2)C1c1ncc(-c2ccc(-c3ccc4nc([C@@H]5CCCN5C(=O)[C@@H](NC(=O)OC)C(C)C)[nH]c4c3)cc2)[nH]1)C(C)C.COC(=O)N[C@H](C(=O)N1C2CCC(C2)C1c1ncc(-c2ccc(B3OC(C)(C)C(C)(C)O3)cc2)[nH]1)C(C)C.COC(=O)N[C@H](C(=O)N1CCC[C@H]1c1nc2ccc(Br)cc2[nH]1)C(C)C. The summed E-state index contributed by atoms with van der Waals surface area (Å²) in [6, 6.07) is 25.3. The first kappa shape index (κ1) is 85.5. The maximum Gasteiger partial charge on any atom is 0.494 e. The number of imidazole rings is 4. The number of hydrogen-bond acceptors (Lipinski definition) is 18. The summed E-state index contributed by atoms with van der Waals surface area (Å²) in [5, 5.41) is 10.9. The molecule has 630 valence electrons. The lowest BCUT2D eigenvalue weighted by Crippen LogP contribution is -2.54. The number of amides is 8. The van der Waals surface area contributed by atoms with Crippen molar-refractivity contribution in [3.05, 3.63) is 125 Å². The predicted octanol–water partition coefficient (Wildman–Crippen LogP) is 13.3. The Kier molecular flexibility index (Phi) is 25.9. The van der Waals surface area contributed by atoms with Gasteiger partial charge in [-0.05, 0) is 185 Å². The summed E-state index contributed by atoms with van der Waals surface area (Å²) in [6.07, 6.45) is 10.5. The van der Waals surface area contributed by atoms with Crippen LogP contribution in [0.1, 0.15) is 195 Å². The summed E-state index contributed by atoms with van der Waals surface area (Å²) in [6.45, 7) is 24.8. The van der Waals surface area contributed by atoms with Gasteiger partial charge in [0.1, 0.15) is 47.5 Å². The van der Waals surface area contributed by atoms with E-state index in [1.54, 1.807) is 0 Å². The van der Waals surface area contributed by atoms with Crippen LogP contribution >= 0.6 is 15.9 Å². The maximum absolute atomic E-state index is 13.9. The van der Waals surface area contributed by atoms with Crippen LogP contribution in [-0.4, -0.2) is 204 Å². The number of benzene rings is 4. The molecule has 12 atom stereocenters. The zero-order valence-electron chi connectivity index (χ0n) is 70.2. The fourth-order valence-electron chi connectivity index (χ4n) is 17.9. The van der Waals surface area contributed by atoms with Gasteiger partial charge in [-0.2, -0.15) is 0 Å². The Labute approximate surface area is 696 Å². The molecule has 5 saturated heterocycles. The topological polar surface area (TPSA) is 368 Å². The Morgan fingerprint density at radius 3 is 1.22 bits per heavy atom. The molecule has 2 aliphatic carbocycles. The molecule has 7 aliphatic rings. The number of carbonyl (C=O) groups excluding carboxylic acids is 8. The van der Waals surface area contributed by atoms with Crippen LogP contribution in [0.2, 0.25) is 0 Å². The van der Waals surface area contributed by atoms with Gasteiger partial charge < -0.3 is 89.1 Å². The van der Waals surface area contributed by atoms with Crippen LogP contribution < -0.4 is 26.7 Å².